The Kier molecular flexibility index (Phi) is 5.49. The molecule has 0 radical (unpaired) electrons. The number of carboxylic acid groups (broad SMARTS) is 1. The van der Waals surface area contributed by atoms with Crippen molar-refractivity contribution in [2.45, 2.75) is 24.8 Å². The minimum Gasteiger partial charge on any atom is -0.481 e. The van der Waals surface area contributed by atoms with Gasteiger partial charge in [-0.05, 0) is 28.7 Å². The van der Waals surface area contributed by atoms with Crippen LogP contribution >= 0.6 is 0 Å². The van der Waals surface area contributed by atoms with E-state index in [1.165, 1.54) is 0 Å². The molecule has 140 valence electrons. The maximum absolute atomic E-state index is 13.0. The Balaban J connectivity index is 1.67. The highest BCUT2D eigenvalue weighted by Crippen LogP contribution is 2.44. The number of benzene rings is 2. The van der Waals surface area contributed by atoms with Crippen LogP contribution in [0.15, 0.2) is 48.5 Å². The molecule has 6 nitrogen and oxygen atoms in total. The first-order valence-electron chi connectivity index (χ1n) is 8.50. The standard InChI is InChI=1S/C20H18FNO5/c21-19(25)17(9-10-18(23)24)22-20(26)27-11-16-14-7-3-1-5-12(14)13-6-2-4-8-15(13)16/h1-8,16-17H,9-11H2,(H,22,26)(H,23,24)/t17-/m0/s1. The number of hydrogen-bond donors (Lipinski definition) is 2. The number of carbonyl (C=O) groups excluding carboxylic acids is 2. The van der Waals surface area contributed by atoms with Crippen molar-refractivity contribution in [3.8, 4) is 11.1 Å². The number of fused-ring (bicyclic) bond motifs is 3. The molecule has 0 saturated heterocycles. The molecule has 1 atom stereocenters. The van der Waals surface area contributed by atoms with E-state index in [1.807, 2.05) is 48.5 Å². The summed E-state index contributed by atoms with van der Waals surface area (Å²) >= 11 is 0. The zero-order valence-corrected chi connectivity index (χ0v) is 14.4. The number of carbonyl (C=O) groups is 3. The highest BCUT2D eigenvalue weighted by atomic mass is 19.1. The van der Waals surface area contributed by atoms with Crippen molar-refractivity contribution in [1.29, 1.82) is 0 Å². The van der Waals surface area contributed by atoms with E-state index in [0.29, 0.717) is 0 Å². The van der Waals surface area contributed by atoms with Gasteiger partial charge in [0.05, 0.1) is 0 Å². The summed E-state index contributed by atoms with van der Waals surface area (Å²) in [6.45, 7) is 0.0198. The van der Waals surface area contributed by atoms with E-state index >= 15 is 0 Å². The van der Waals surface area contributed by atoms with Crippen LogP contribution in [0.5, 0.6) is 0 Å². The summed E-state index contributed by atoms with van der Waals surface area (Å²) in [5.74, 6) is -1.35. The zero-order chi connectivity index (χ0) is 19.4. The van der Waals surface area contributed by atoms with Crippen LogP contribution in [0.25, 0.3) is 11.1 Å². The lowest BCUT2D eigenvalue weighted by Gasteiger charge is -2.16. The van der Waals surface area contributed by atoms with Crippen LogP contribution in [0.2, 0.25) is 0 Å². The summed E-state index contributed by atoms with van der Waals surface area (Å²) in [7, 11) is 0. The molecule has 0 aromatic heterocycles. The van der Waals surface area contributed by atoms with Gasteiger partial charge in [-0.25, -0.2) is 4.79 Å². The lowest BCUT2D eigenvalue weighted by atomic mass is 9.98. The van der Waals surface area contributed by atoms with Gasteiger partial charge in [-0.15, -0.1) is 0 Å². The molecule has 0 bridgehead atoms. The Morgan fingerprint density at radius 3 is 2.11 bits per heavy atom. The van der Waals surface area contributed by atoms with Gasteiger partial charge in [-0.1, -0.05) is 48.5 Å². The van der Waals surface area contributed by atoms with Crippen LogP contribution < -0.4 is 5.32 Å². The van der Waals surface area contributed by atoms with Gasteiger partial charge in [-0.2, -0.15) is 4.39 Å². The molecule has 0 unspecified atom stereocenters. The summed E-state index contributed by atoms with van der Waals surface area (Å²) in [5.41, 5.74) is 4.19. The monoisotopic (exact) mass is 371 g/mol. The molecule has 1 aliphatic carbocycles. The number of nitrogens with one attached hydrogen (secondary N) is 1. The molecule has 1 amide bonds. The largest absolute Gasteiger partial charge is 0.481 e. The van der Waals surface area contributed by atoms with Gasteiger partial charge in [0.1, 0.15) is 12.6 Å². The molecular formula is C20H18FNO5. The summed E-state index contributed by atoms with van der Waals surface area (Å²) in [4.78, 5) is 33.5. The van der Waals surface area contributed by atoms with Gasteiger partial charge in [0.2, 0.25) is 0 Å². The summed E-state index contributed by atoms with van der Waals surface area (Å²) in [6, 6.07) is 12.3. The van der Waals surface area contributed by atoms with Gasteiger partial charge in [0, 0.05) is 12.3 Å². The Labute approximate surface area is 155 Å². The third-order valence-electron chi connectivity index (χ3n) is 4.56. The second-order valence-corrected chi connectivity index (χ2v) is 6.26. The maximum atomic E-state index is 13.0. The van der Waals surface area contributed by atoms with E-state index in [1.54, 1.807) is 0 Å². The second-order valence-electron chi connectivity index (χ2n) is 6.26. The van der Waals surface area contributed by atoms with Crippen LogP contribution in [-0.2, 0) is 14.3 Å². The van der Waals surface area contributed by atoms with Gasteiger partial charge < -0.3 is 15.2 Å². The van der Waals surface area contributed by atoms with Crippen molar-refractivity contribution in [3.05, 3.63) is 59.7 Å². The smallest absolute Gasteiger partial charge is 0.407 e. The average Bonchev–Trinajstić information content (AvgIpc) is 2.97. The summed E-state index contributed by atoms with van der Waals surface area (Å²) in [6.07, 6.45) is -1.74. The number of hydrogen-bond acceptors (Lipinski definition) is 4. The second kappa shape index (κ2) is 7.99. The topological polar surface area (TPSA) is 92.7 Å². The molecular weight excluding hydrogens is 353 g/mol. The van der Waals surface area contributed by atoms with Gasteiger partial charge in [0.15, 0.2) is 0 Å². The molecule has 2 N–H and O–H groups in total. The highest BCUT2D eigenvalue weighted by molar-refractivity contribution is 5.82. The first-order chi connectivity index (χ1) is 13.0. The molecule has 0 heterocycles. The van der Waals surface area contributed by atoms with Crippen LogP contribution in [0.4, 0.5) is 9.18 Å². The molecule has 27 heavy (non-hydrogen) atoms. The Hall–Kier alpha value is -3.22. The molecule has 7 heteroatoms. The highest BCUT2D eigenvalue weighted by Gasteiger charge is 2.29. The lowest BCUT2D eigenvalue weighted by Crippen LogP contribution is -2.40. The molecule has 3 rings (SSSR count). The van der Waals surface area contributed by atoms with Gasteiger partial charge in [0.25, 0.3) is 0 Å². The molecule has 0 spiro atoms. The lowest BCUT2D eigenvalue weighted by molar-refractivity contribution is -0.137. The van der Waals surface area contributed by atoms with Crippen molar-refractivity contribution in [2.24, 2.45) is 0 Å². The molecule has 2 aromatic rings. The predicted molar refractivity (Wildman–Crippen MR) is 95.0 cm³/mol. The number of rotatable bonds is 7. The van der Waals surface area contributed by atoms with Crippen molar-refractivity contribution >= 4 is 18.1 Å². The maximum Gasteiger partial charge on any atom is 0.407 e. The SMILES string of the molecule is O=C(O)CC[C@H](NC(=O)OCC1c2ccccc2-c2ccccc21)C(=O)F. The molecule has 2 aromatic carbocycles. The first-order valence-corrected chi connectivity index (χ1v) is 8.50. The minimum atomic E-state index is -1.80. The number of alkyl carbamates (subject to hydrolysis) is 1. The predicted octanol–water partition coefficient (Wildman–Crippen LogP) is 3.25. The van der Waals surface area contributed by atoms with Crippen LogP contribution in [-0.4, -0.2) is 35.9 Å². The molecule has 0 saturated carbocycles. The normalized spacial score (nSPS) is 13.4. The van der Waals surface area contributed by atoms with Crippen molar-refractivity contribution in [3.63, 3.8) is 0 Å². The van der Waals surface area contributed by atoms with E-state index < -0.39 is 30.6 Å². The molecule has 1 aliphatic rings. The van der Waals surface area contributed by atoms with E-state index in [0.717, 1.165) is 22.3 Å². The Morgan fingerprint density at radius 2 is 1.59 bits per heavy atom. The number of amides is 1. The number of aliphatic carboxylic acids is 1. The van der Waals surface area contributed by atoms with Crippen LogP contribution in [0.3, 0.4) is 0 Å². The van der Waals surface area contributed by atoms with Gasteiger partial charge in [-0.3, -0.25) is 9.59 Å². The third kappa shape index (κ3) is 4.13. The average molecular weight is 371 g/mol. The van der Waals surface area contributed by atoms with Crippen molar-refractivity contribution in [2.75, 3.05) is 6.61 Å². The Bertz CT molecular complexity index is 837. The quantitative estimate of drug-likeness (QED) is 0.729. The van der Waals surface area contributed by atoms with E-state index in [2.05, 4.69) is 5.32 Å². The van der Waals surface area contributed by atoms with Crippen molar-refractivity contribution in [1.82, 2.24) is 5.32 Å². The van der Waals surface area contributed by atoms with Crippen LogP contribution in [0, 0.1) is 0 Å². The van der Waals surface area contributed by atoms with Gasteiger partial charge >= 0.3 is 18.1 Å². The number of ether oxygens (including phenoxy) is 1. The summed E-state index contributed by atoms with van der Waals surface area (Å²) < 4.78 is 18.2. The minimum absolute atomic E-state index is 0.0198. The van der Waals surface area contributed by atoms with Crippen LogP contribution in [0.1, 0.15) is 29.9 Å². The van der Waals surface area contributed by atoms with Crippen molar-refractivity contribution < 1.29 is 28.6 Å². The third-order valence-corrected chi connectivity index (χ3v) is 4.56. The number of carboxylic acids is 1. The molecule has 0 fully saturated rings. The number of halogens is 1. The fourth-order valence-electron chi connectivity index (χ4n) is 3.29. The van der Waals surface area contributed by atoms with E-state index in [9.17, 15) is 18.8 Å². The Morgan fingerprint density at radius 1 is 1.04 bits per heavy atom. The fourth-order valence-corrected chi connectivity index (χ4v) is 3.29. The summed E-state index contributed by atoms with van der Waals surface area (Å²) in [5, 5.41) is 10.7. The van der Waals surface area contributed by atoms with E-state index in [4.69, 9.17) is 9.84 Å². The molecule has 0 aliphatic heterocycles. The zero-order valence-electron chi connectivity index (χ0n) is 14.4. The fraction of sp³-hybridized carbons (Fsp3) is 0.250. The first kappa shape index (κ1) is 18.6. The van der Waals surface area contributed by atoms with E-state index in [-0.39, 0.29) is 18.9 Å².